The van der Waals surface area contributed by atoms with Crippen LogP contribution in [0.1, 0.15) is 42.4 Å². The second-order valence-electron chi connectivity index (χ2n) is 5.27. The molecule has 2 rings (SSSR count). The standard InChI is InChI=1S/C18H22N2O4/c1-3-23-15-8-6-14(7-9-15)13(2)20-17(21)10-11-19-18(22)16-5-4-12-24-16/h4-9,12-13H,3,10-11H2,1-2H3,(H,19,22)(H,20,21). The molecule has 24 heavy (non-hydrogen) atoms. The smallest absolute Gasteiger partial charge is 0.286 e. The van der Waals surface area contributed by atoms with Gasteiger partial charge in [0.1, 0.15) is 5.75 Å². The molecule has 0 bridgehead atoms. The number of hydrogen-bond acceptors (Lipinski definition) is 4. The van der Waals surface area contributed by atoms with Crippen LogP contribution in [0.25, 0.3) is 0 Å². The maximum Gasteiger partial charge on any atom is 0.286 e. The molecular formula is C18H22N2O4. The quantitative estimate of drug-likeness (QED) is 0.780. The van der Waals surface area contributed by atoms with Gasteiger partial charge in [0.25, 0.3) is 5.91 Å². The third-order valence-electron chi connectivity index (χ3n) is 3.45. The van der Waals surface area contributed by atoms with Gasteiger partial charge in [-0.25, -0.2) is 0 Å². The van der Waals surface area contributed by atoms with Gasteiger partial charge in [-0.2, -0.15) is 0 Å². The van der Waals surface area contributed by atoms with E-state index in [2.05, 4.69) is 10.6 Å². The lowest BCUT2D eigenvalue weighted by Gasteiger charge is -2.15. The molecule has 1 heterocycles. The van der Waals surface area contributed by atoms with E-state index in [9.17, 15) is 9.59 Å². The van der Waals surface area contributed by atoms with Crippen LogP contribution in [0.3, 0.4) is 0 Å². The van der Waals surface area contributed by atoms with Gasteiger partial charge in [-0.1, -0.05) is 12.1 Å². The molecule has 1 unspecified atom stereocenters. The molecule has 0 saturated carbocycles. The molecule has 0 spiro atoms. The van der Waals surface area contributed by atoms with Gasteiger partial charge in [0.05, 0.1) is 18.9 Å². The van der Waals surface area contributed by atoms with E-state index in [0.717, 1.165) is 11.3 Å². The Morgan fingerprint density at radius 1 is 1.21 bits per heavy atom. The number of nitrogens with one attached hydrogen (secondary N) is 2. The van der Waals surface area contributed by atoms with Crippen molar-refractivity contribution in [2.75, 3.05) is 13.2 Å². The van der Waals surface area contributed by atoms with Crippen LogP contribution in [0, 0.1) is 0 Å². The molecule has 6 heteroatoms. The highest BCUT2D eigenvalue weighted by Gasteiger charge is 2.11. The van der Waals surface area contributed by atoms with Crippen LogP contribution in [0.4, 0.5) is 0 Å². The molecule has 0 aliphatic carbocycles. The molecule has 0 aliphatic rings. The summed E-state index contributed by atoms with van der Waals surface area (Å²) in [6, 6.07) is 10.7. The molecule has 1 atom stereocenters. The van der Waals surface area contributed by atoms with Crippen LogP contribution >= 0.6 is 0 Å². The minimum atomic E-state index is -0.327. The Morgan fingerprint density at radius 2 is 1.96 bits per heavy atom. The van der Waals surface area contributed by atoms with Gasteiger partial charge >= 0.3 is 0 Å². The summed E-state index contributed by atoms with van der Waals surface area (Å²) >= 11 is 0. The van der Waals surface area contributed by atoms with Gasteiger partial charge in [-0.3, -0.25) is 9.59 Å². The summed E-state index contributed by atoms with van der Waals surface area (Å²) in [5, 5.41) is 5.54. The first-order valence-corrected chi connectivity index (χ1v) is 7.94. The van der Waals surface area contributed by atoms with E-state index in [1.54, 1.807) is 12.1 Å². The fraction of sp³-hybridized carbons (Fsp3) is 0.333. The van der Waals surface area contributed by atoms with Crippen molar-refractivity contribution in [3.05, 3.63) is 54.0 Å². The molecule has 2 aromatic rings. The molecule has 6 nitrogen and oxygen atoms in total. The molecule has 128 valence electrons. The number of carbonyl (C=O) groups excluding carboxylic acids is 2. The summed E-state index contributed by atoms with van der Waals surface area (Å²) in [5.74, 6) is 0.585. The molecule has 0 aliphatic heterocycles. The number of rotatable bonds is 8. The maximum atomic E-state index is 12.0. The van der Waals surface area contributed by atoms with E-state index in [-0.39, 0.29) is 36.6 Å². The lowest BCUT2D eigenvalue weighted by atomic mass is 10.1. The van der Waals surface area contributed by atoms with Gasteiger partial charge < -0.3 is 19.8 Å². The summed E-state index contributed by atoms with van der Waals surface area (Å²) in [6.07, 6.45) is 1.63. The lowest BCUT2D eigenvalue weighted by molar-refractivity contribution is -0.121. The van der Waals surface area contributed by atoms with E-state index in [0.29, 0.717) is 6.61 Å². The summed E-state index contributed by atoms with van der Waals surface area (Å²) in [5.41, 5.74) is 0.992. The Morgan fingerprint density at radius 3 is 2.58 bits per heavy atom. The molecule has 1 aromatic heterocycles. The summed E-state index contributed by atoms with van der Waals surface area (Å²) in [4.78, 5) is 23.6. The van der Waals surface area contributed by atoms with Crippen molar-refractivity contribution in [3.63, 3.8) is 0 Å². The van der Waals surface area contributed by atoms with Crippen LogP contribution in [0.15, 0.2) is 47.1 Å². The van der Waals surface area contributed by atoms with Gasteiger partial charge in [-0.05, 0) is 43.7 Å². The summed E-state index contributed by atoms with van der Waals surface area (Å²) in [6.45, 7) is 4.72. The maximum absolute atomic E-state index is 12.0. The number of benzene rings is 1. The molecule has 2 amide bonds. The van der Waals surface area contributed by atoms with Crippen molar-refractivity contribution in [2.45, 2.75) is 26.3 Å². The Labute approximate surface area is 141 Å². The predicted octanol–water partition coefficient (Wildman–Crippen LogP) is 2.68. The van der Waals surface area contributed by atoms with E-state index in [4.69, 9.17) is 9.15 Å². The highest BCUT2D eigenvalue weighted by atomic mass is 16.5. The highest BCUT2D eigenvalue weighted by molar-refractivity contribution is 5.91. The fourth-order valence-corrected chi connectivity index (χ4v) is 2.20. The third-order valence-corrected chi connectivity index (χ3v) is 3.45. The van der Waals surface area contributed by atoms with Crippen LogP contribution in [-0.4, -0.2) is 25.0 Å². The Balaban J connectivity index is 1.74. The monoisotopic (exact) mass is 330 g/mol. The predicted molar refractivity (Wildman–Crippen MR) is 89.8 cm³/mol. The van der Waals surface area contributed by atoms with Crippen molar-refractivity contribution >= 4 is 11.8 Å². The normalized spacial score (nSPS) is 11.6. The SMILES string of the molecule is CCOc1ccc(C(C)NC(=O)CCNC(=O)c2ccco2)cc1. The Bertz CT molecular complexity index is 650. The minimum absolute atomic E-state index is 0.117. The average molecular weight is 330 g/mol. The van der Waals surface area contributed by atoms with Gasteiger partial charge in [-0.15, -0.1) is 0 Å². The van der Waals surface area contributed by atoms with Gasteiger partial charge in [0.2, 0.25) is 5.91 Å². The zero-order valence-electron chi connectivity index (χ0n) is 13.9. The van der Waals surface area contributed by atoms with Crippen LogP contribution in [0.5, 0.6) is 5.75 Å². The Hall–Kier alpha value is -2.76. The second kappa shape index (κ2) is 8.76. The minimum Gasteiger partial charge on any atom is -0.494 e. The molecular weight excluding hydrogens is 308 g/mol. The van der Waals surface area contributed by atoms with Crippen molar-refractivity contribution in [3.8, 4) is 5.75 Å². The van der Waals surface area contributed by atoms with E-state index >= 15 is 0 Å². The number of carbonyl (C=O) groups is 2. The van der Waals surface area contributed by atoms with E-state index in [1.165, 1.54) is 6.26 Å². The average Bonchev–Trinajstić information content (AvgIpc) is 3.10. The first-order valence-electron chi connectivity index (χ1n) is 7.94. The molecule has 2 N–H and O–H groups in total. The second-order valence-corrected chi connectivity index (χ2v) is 5.27. The van der Waals surface area contributed by atoms with E-state index in [1.807, 2.05) is 38.1 Å². The zero-order chi connectivity index (χ0) is 17.4. The number of hydrogen-bond donors (Lipinski definition) is 2. The third kappa shape index (κ3) is 5.15. The molecule has 0 fully saturated rings. The van der Waals surface area contributed by atoms with Gasteiger partial charge in [0, 0.05) is 13.0 Å². The molecule has 0 saturated heterocycles. The van der Waals surface area contributed by atoms with E-state index < -0.39 is 0 Å². The highest BCUT2D eigenvalue weighted by Crippen LogP contribution is 2.17. The summed E-state index contributed by atoms with van der Waals surface area (Å²) in [7, 11) is 0. The van der Waals surface area contributed by atoms with Crippen molar-refractivity contribution < 1.29 is 18.7 Å². The zero-order valence-corrected chi connectivity index (χ0v) is 13.9. The van der Waals surface area contributed by atoms with Crippen molar-refractivity contribution in [1.82, 2.24) is 10.6 Å². The molecule has 0 radical (unpaired) electrons. The lowest BCUT2D eigenvalue weighted by Crippen LogP contribution is -2.31. The fourth-order valence-electron chi connectivity index (χ4n) is 2.20. The van der Waals surface area contributed by atoms with Crippen LogP contribution in [-0.2, 0) is 4.79 Å². The largest absolute Gasteiger partial charge is 0.494 e. The van der Waals surface area contributed by atoms with Crippen molar-refractivity contribution in [1.29, 1.82) is 0 Å². The number of amides is 2. The topological polar surface area (TPSA) is 80.6 Å². The number of furan rings is 1. The first kappa shape index (κ1) is 17.6. The van der Waals surface area contributed by atoms with Crippen LogP contribution < -0.4 is 15.4 Å². The van der Waals surface area contributed by atoms with Crippen molar-refractivity contribution in [2.24, 2.45) is 0 Å². The van der Waals surface area contributed by atoms with Crippen LogP contribution in [0.2, 0.25) is 0 Å². The first-order chi connectivity index (χ1) is 11.6. The molecule has 1 aromatic carbocycles. The Kier molecular flexibility index (Phi) is 6.42. The summed E-state index contributed by atoms with van der Waals surface area (Å²) < 4.78 is 10.4. The number of ether oxygens (including phenoxy) is 1. The van der Waals surface area contributed by atoms with Gasteiger partial charge in [0.15, 0.2) is 5.76 Å².